The molecule has 0 aliphatic carbocycles. The van der Waals surface area contributed by atoms with Crippen LogP contribution in [0.1, 0.15) is 49.6 Å². The summed E-state index contributed by atoms with van der Waals surface area (Å²) in [5.41, 5.74) is 0.537. The van der Waals surface area contributed by atoms with Crippen molar-refractivity contribution in [2.24, 2.45) is 0 Å². The molecule has 1 rings (SSSR count). The maximum absolute atomic E-state index is 11.7. The highest BCUT2D eigenvalue weighted by Crippen LogP contribution is 2.21. The SMILES string of the molecule is CCOC(=O)c1cnc(C(C)(C)OC)nc1CC. The molecule has 100 valence electrons. The lowest BCUT2D eigenvalue weighted by molar-refractivity contribution is 0.0111. The summed E-state index contributed by atoms with van der Waals surface area (Å²) in [5.74, 6) is 0.186. The van der Waals surface area contributed by atoms with Gasteiger partial charge in [-0.1, -0.05) is 6.92 Å². The molecule has 0 aliphatic heterocycles. The number of methoxy groups -OCH3 is 1. The fraction of sp³-hybridized carbons (Fsp3) is 0.615. The van der Waals surface area contributed by atoms with Gasteiger partial charge in [-0.05, 0) is 27.2 Å². The van der Waals surface area contributed by atoms with Gasteiger partial charge in [-0.3, -0.25) is 0 Å². The van der Waals surface area contributed by atoms with Crippen molar-refractivity contribution < 1.29 is 14.3 Å². The fourth-order valence-electron chi connectivity index (χ4n) is 1.45. The van der Waals surface area contributed by atoms with Crippen molar-refractivity contribution in [3.8, 4) is 0 Å². The van der Waals surface area contributed by atoms with Gasteiger partial charge in [0.1, 0.15) is 5.60 Å². The van der Waals surface area contributed by atoms with Gasteiger partial charge in [0.25, 0.3) is 0 Å². The lowest BCUT2D eigenvalue weighted by Crippen LogP contribution is -2.24. The first-order valence-corrected chi connectivity index (χ1v) is 6.04. The molecule has 0 amide bonds. The number of aryl methyl sites for hydroxylation is 1. The zero-order valence-electron chi connectivity index (χ0n) is 11.6. The van der Waals surface area contributed by atoms with Gasteiger partial charge in [0.2, 0.25) is 0 Å². The summed E-state index contributed by atoms with van der Waals surface area (Å²) in [6, 6.07) is 0. The summed E-state index contributed by atoms with van der Waals surface area (Å²) in [6.45, 7) is 7.81. The number of rotatable bonds is 5. The highest BCUT2D eigenvalue weighted by Gasteiger charge is 2.25. The monoisotopic (exact) mass is 252 g/mol. The van der Waals surface area contributed by atoms with E-state index in [-0.39, 0.29) is 5.97 Å². The van der Waals surface area contributed by atoms with Crippen LogP contribution >= 0.6 is 0 Å². The molecule has 1 aromatic rings. The molecule has 0 unspecified atom stereocenters. The van der Waals surface area contributed by atoms with E-state index >= 15 is 0 Å². The van der Waals surface area contributed by atoms with Gasteiger partial charge in [0.05, 0.1) is 17.9 Å². The van der Waals surface area contributed by atoms with E-state index in [1.807, 2.05) is 20.8 Å². The second-order valence-corrected chi connectivity index (χ2v) is 4.34. The standard InChI is InChI=1S/C13H20N2O3/c1-6-10-9(11(16)18-7-2)8-14-12(15-10)13(3,4)17-5/h8H,6-7H2,1-5H3. The average molecular weight is 252 g/mol. The smallest absolute Gasteiger partial charge is 0.341 e. The molecule has 0 saturated heterocycles. The molecule has 0 aliphatic rings. The molecule has 0 saturated carbocycles. The number of aromatic nitrogens is 2. The first-order valence-electron chi connectivity index (χ1n) is 6.04. The molecular weight excluding hydrogens is 232 g/mol. The Bertz CT molecular complexity index is 430. The summed E-state index contributed by atoms with van der Waals surface area (Å²) < 4.78 is 10.3. The van der Waals surface area contributed by atoms with Gasteiger partial charge in [0.15, 0.2) is 5.82 Å². The van der Waals surface area contributed by atoms with Gasteiger partial charge in [-0.2, -0.15) is 0 Å². The van der Waals surface area contributed by atoms with Crippen molar-refractivity contribution in [2.75, 3.05) is 13.7 Å². The molecule has 5 heteroatoms. The minimum Gasteiger partial charge on any atom is -0.462 e. The molecule has 0 N–H and O–H groups in total. The van der Waals surface area contributed by atoms with E-state index in [2.05, 4.69) is 9.97 Å². The number of nitrogens with zero attached hydrogens (tertiary/aromatic N) is 2. The largest absolute Gasteiger partial charge is 0.462 e. The number of carbonyl (C=O) groups excluding carboxylic acids is 1. The third-order valence-corrected chi connectivity index (χ3v) is 2.75. The number of ether oxygens (including phenoxy) is 2. The lowest BCUT2D eigenvalue weighted by atomic mass is 10.1. The van der Waals surface area contributed by atoms with E-state index in [9.17, 15) is 4.79 Å². The van der Waals surface area contributed by atoms with E-state index < -0.39 is 5.60 Å². The molecule has 0 radical (unpaired) electrons. The van der Waals surface area contributed by atoms with Crippen LogP contribution in [0.5, 0.6) is 0 Å². The summed E-state index contributed by atoms with van der Waals surface area (Å²) in [5, 5.41) is 0. The Balaban J connectivity index is 3.15. The normalized spacial score (nSPS) is 11.4. The van der Waals surface area contributed by atoms with Crippen LogP contribution in [0.25, 0.3) is 0 Å². The maximum atomic E-state index is 11.7. The summed E-state index contributed by atoms with van der Waals surface area (Å²) in [6.07, 6.45) is 2.16. The molecule has 0 spiro atoms. The Morgan fingerprint density at radius 3 is 2.56 bits per heavy atom. The molecule has 0 atom stereocenters. The Morgan fingerprint density at radius 1 is 1.39 bits per heavy atom. The first-order chi connectivity index (χ1) is 8.46. The van der Waals surface area contributed by atoms with Crippen molar-refractivity contribution in [1.29, 1.82) is 0 Å². The van der Waals surface area contributed by atoms with Gasteiger partial charge >= 0.3 is 5.97 Å². The van der Waals surface area contributed by atoms with Crippen molar-refractivity contribution in [3.63, 3.8) is 0 Å². The predicted octanol–water partition coefficient (Wildman–Crippen LogP) is 2.10. The van der Waals surface area contributed by atoms with Crippen LogP contribution in [0.15, 0.2) is 6.20 Å². The minimum absolute atomic E-state index is 0.341. The number of hydrogen-bond donors (Lipinski definition) is 0. The molecule has 18 heavy (non-hydrogen) atoms. The fourth-order valence-corrected chi connectivity index (χ4v) is 1.45. The van der Waals surface area contributed by atoms with Crippen molar-refractivity contribution in [2.45, 2.75) is 39.7 Å². The first kappa shape index (κ1) is 14.6. The second kappa shape index (κ2) is 5.91. The van der Waals surface area contributed by atoms with Gasteiger partial charge < -0.3 is 9.47 Å². The molecule has 5 nitrogen and oxygen atoms in total. The molecular formula is C13H20N2O3. The molecule has 1 heterocycles. The van der Waals surface area contributed by atoms with Crippen molar-refractivity contribution in [1.82, 2.24) is 9.97 Å². The van der Waals surface area contributed by atoms with E-state index in [4.69, 9.17) is 9.47 Å². The van der Waals surface area contributed by atoms with Crippen molar-refractivity contribution >= 4 is 5.97 Å². The zero-order valence-corrected chi connectivity index (χ0v) is 11.6. The average Bonchev–Trinajstić information content (AvgIpc) is 2.38. The third-order valence-electron chi connectivity index (χ3n) is 2.75. The van der Waals surface area contributed by atoms with Crippen LogP contribution in [0.3, 0.4) is 0 Å². The van der Waals surface area contributed by atoms with Gasteiger partial charge in [0, 0.05) is 13.3 Å². The zero-order chi connectivity index (χ0) is 13.8. The summed E-state index contributed by atoms with van der Waals surface area (Å²) >= 11 is 0. The Kier molecular flexibility index (Phi) is 4.78. The van der Waals surface area contributed by atoms with Gasteiger partial charge in [-0.15, -0.1) is 0 Å². The number of hydrogen-bond acceptors (Lipinski definition) is 5. The minimum atomic E-state index is -0.572. The molecule has 0 aromatic carbocycles. The Morgan fingerprint density at radius 2 is 2.06 bits per heavy atom. The topological polar surface area (TPSA) is 61.3 Å². The van der Waals surface area contributed by atoms with Gasteiger partial charge in [-0.25, -0.2) is 14.8 Å². The molecule has 1 aromatic heterocycles. The lowest BCUT2D eigenvalue weighted by Gasteiger charge is -2.21. The van der Waals surface area contributed by atoms with Crippen LogP contribution in [-0.2, 0) is 21.5 Å². The highest BCUT2D eigenvalue weighted by atomic mass is 16.5. The van der Waals surface area contributed by atoms with Crippen LogP contribution in [-0.4, -0.2) is 29.7 Å². The van der Waals surface area contributed by atoms with Crippen LogP contribution in [0.2, 0.25) is 0 Å². The third kappa shape index (κ3) is 3.04. The van der Waals surface area contributed by atoms with Crippen LogP contribution in [0.4, 0.5) is 0 Å². The van der Waals surface area contributed by atoms with E-state index in [1.54, 1.807) is 14.0 Å². The summed E-state index contributed by atoms with van der Waals surface area (Å²) in [7, 11) is 1.61. The Hall–Kier alpha value is -1.49. The summed E-state index contributed by atoms with van der Waals surface area (Å²) in [4.78, 5) is 20.3. The Labute approximate surface area is 108 Å². The van der Waals surface area contributed by atoms with Crippen molar-refractivity contribution in [3.05, 3.63) is 23.3 Å². The quantitative estimate of drug-likeness (QED) is 0.751. The predicted molar refractivity (Wildman–Crippen MR) is 67.4 cm³/mol. The van der Waals surface area contributed by atoms with E-state index in [1.165, 1.54) is 6.20 Å². The number of esters is 1. The van der Waals surface area contributed by atoms with E-state index in [0.29, 0.717) is 30.1 Å². The molecule has 0 bridgehead atoms. The molecule has 0 fully saturated rings. The number of carbonyl (C=O) groups is 1. The van der Waals surface area contributed by atoms with Crippen LogP contribution < -0.4 is 0 Å². The van der Waals surface area contributed by atoms with Crippen LogP contribution in [0, 0.1) is 0 Å². The highest BCUT2D eigenvalue weighted by molar-refractivity contribution is 5.90. The van der Waals surface area contributed by atoms with E-state index in [0.717, 1.165) is 0 Å². The second-order valence-electron chi connectivity index (χ2n) is 4.34. The maximum Gasteiger partial charge on any atom is 0.341 e.